The van der Waals surface area contributed by atoms with E-state index in [9.17, 15) is 9.18 Å². The lowest BCUT2D eigenvalue weighted by atomic mass is 10.2. The van der Waals surface area contributed by atoms with E-state index in [1.165, 1.54) is 23.9 Å². The van der Waals surface area contributed by atoms with Crippen LogP contribution in [0.25, 0.3) is 10.9 Å². The molecule has 0 bridgehead atoms. The van der Waals surface area contributed by atoms with Crippen molar-refractivity contribution in [3.63, 3.8) is 0 Å². The molecule has 0 fully saturated rings. The maximum absolute atomic E-state index is 13.2. The number of thioether (sulfide) groups is 1. The van der Waals surface area contributed by atoms with Crippen LogP contribution in [0.15, 0.2) is 65.7 Å². The van der Waals surface area contributed by atoms with Gasteiger partial charge in [-0.3, -0.25) is 4.79 Å². The minimum absolute atomic E-state index is 0.0146. The Morgan fingerprint density at radius 2 is 1.96 bits per heavy atom. The van der Waals surface area contributed by atoms with Crippen LogP contribution in [-0.2, 0) is 11.3 Å². The predicted octanol–water partition coefficient (Wildman–Crippen LogP) is 4.12. The summed E-state index contributed by atoms with van der Waals surface area (Å²) < 4.78 is 13.2. The van der Waals surface area contributed by atoms with Crippen molar-refractivity contribution in [3.05, 3.63) is 72.0 Å². The van der Waals surface area contributed by atoms with Crippen molar-refractivity contribution in [2.45, 2.75) is 11.6 Å². The summed E-state index contributed by atoms with van der Waals surface area (Å²) in [6.45, 7) is 0.391. The first-order chi connectivity index (χ1) is 11.6. The summed E-state index contributed by atoms with van der Waals surface area (Å²) in [4.78, 5) is 18.4. The number of hydrogen-bond donors (Lipinski definition) is 0. The summed E-state index contributed by atoms with van der Waals surface area (Å²) in [5.41, 5.74) is 1.70. The minimum atomic E-state index is -0.289. The molecule has 2 aromatic carbocycles. The average molecular weight is 340 g/mol. The third kappa shape index (κ3) is 4.11. The molecule has 3 rings (SSSR count). The van der Waals surface area contributed by atoms with Crippen molar-refractivity contribution in [2.75, 3.05) is 12.8 Å². The molecule has 0 aliphatic carbocycles. The number of rotatable bonds is 5. The van der Waals surface area contributed by atoms with Gasteiger partial charge in [0.15, 0.2) is 0 Å². The van der Waals surface area contributed by atoms with Crippen molar-refractivity contribution < 1.29 is 9.18 Å². The average Bonchev–Trinajstić information content (AvgIpc) is 2.59. The van der Waals surface area contributed by atoms with Gasteiger partial charge in [0.05, 0.1) is 16.3 Å². The normalized spacial score (nSPS) is 10.8. The number of carbonyl (C=O) groups excluding carboxylic acids is 1. The van der Waals surface area contributed by atoms with Crippen LogP contribution in [0.4, 0.5) is 4.39 Å². The molecule has 0 N–H and O–H groups in total. The Morgan fingerprint density at radius 1 is 1.12 bits per heavy atom. The molecule has 5 heteroatoms. The van der Waals surface area contributed by atoms with Crippen molar-refractivity contribution in [1.29, 1.82) is 0 Å². The lowest BCUT2D eigenvalue weighted by molar-refractivity contribution is -0.127. The van der Waals surface area contributed by atoms with Gasteiger partial charge >= 0.3 is 0 Å². The number of halogens is 1. The van der Waals surface area contributed by atoms with Gasteiger partial charge in [-0.05, 0) is 29.8 Å². The van der Waals surface area contributed by atoms with E-state index in [0.717, 1.165) is 21.5 Å². The highest BCUT2D eigenvalue weighted by Gasteiger charge is 2.11. The van der Waals surface area contributed by atoms with Crippen molar-refractivity contribution in [2.24, 2.45) is 0 Å². The molecule has 3 nitrogen and oxygen atoms in total. The Balaban J connectivity index is 1.59. The molecule has 1 amide bonds. The van der Waals surface area contributed by atoms with Gasteiger partial charge in [-0.15, -0.1) is 0 Å². The summed E-state index contributed by atoms with van der Waals surface area (Å²) in [6.07, 6.45) is 0. The first-order valence-electron chi connectivity index (χ1n) is 7.59. The topological polar surface area (TPSA) is 33.2 Å². The van der Waals surface area contributed by atoms with E-state index < -0.39 is 0 Å². The third-order valence-corrected chi connectivity index (χ3v) is 4.57. The quantitative estimate of drug-likeness (QED) is 0.655. The fraction of sp³-hybridized carbons (Fsp3) is 0.158. The van der Waals surface area contributed by atoms with Gasteiger partial charge in [-0.1, -0.05) is 48.2 Å². The standard InChI is InChI=1S/C19H17FN2OS/c1-22(12-14-5-4-7-16(20)11-14)19(23)13-24-18-10-9-15-6-2-3-8-17(15)21-18/h2-11H,12-13H2,1H3. The first-order valence-corrected chi connectivity index (χ1v) is 8.57. The molecule has 0 saturated carbocycles. The highest BCUT2D eigenvalue weighted by molar-refractivity contribution is 7.99. The van der Waals surface area contributed by atoms with Gasteiger partial charge in [0, 0.05) is 19.0 Å². The van der Waals surface area contributed by atoms with Gasteiger partial charge in [-0.25, -0.2) is 9.37 Å². The maximum atomic E-state index is 13.2. The summed E-state index contributed by atoms with van der Waals surface area (Å²) in [6, 6.07) is 18.1. The monoisotopic (exact) mass is 340 g/mol. The molecule has 0 radical (unpaired) electrons. The number of pyridine rings is 1. The molecule has 0 aliphatic rings. The Labute approximate surface area is 144 Å². The molecular weight excluding hydrogens is 323 g/mol. The van der Waals surface area contributed by atoms with Crippen LogP contribution >= 0.6 is 11.8 Å². The van der Waals surface area contributed by atoms with Crippen molar-refractivity contribution >= 4 is 28.6 Å². The smallest absolute Gasteiger partial charge is 0.233 e. The molecule has 1 aromatic heterocycles. The number of hydrogen-bond acceptors (Lipinski definition) is 3. The lowest BCUT2D eigenvalue weighted by Crippen LogP contribution is -2.27. The molecule has 122 valence electrons. The molecule has 0 saturated heterocycles. The number of para-hydroxylation sites is 1. The Morgan fingerprint density at radius 3 is 2.79 bits per heavy atom. The van der Waals surface area contributed by atoms with Crippen molar-refractivity contribution in [1.82, 2.24) is 9.88 Å². The zero-order chi connectivity index (χ0) is 16.9. The first kappa shape index (κ1) is 16.5. The van der Waals surface area contributed by atoms with Crippen molar-refractivity contribution in [3.8, 4) is 0 Å². The summed E-state index contributed by atoms with van der Waals surface area (Å²) in [5, 5.41) is 1.90. The van der Waals surface area contributed by atoms with E-state index >= 15 is 0 Å². The summed E-state index contributed by atoms with van der Waals surface area (Å²) in [5.74, 6) is -0.000685. The number of carbonyl (C=O) groups is 1. The highest BCUT2D eigenvalue weighted by Crippen LogP contribution is 2.20. The van der Waals surface area contributed by atoms with Gasteiger partial charge in [0.25, 0.3) is 0 Å². The van der Waals surface area contributed by atoms with E-state index in [0.29, 0.717) is 12.3 Å². The van der Waals surface area contributed by atoms with E-state index in [4.69, 9.17) is 0 Å². The van der Waals surface area contributed by atoms with Gasteiger partial charge in [0.2, 0.25) is 5.91 Å². The molecule has 0 aliphatic heterocycles. The molecular formula is C19H17FN2OS. The number of fused-ring (bicyclic) bond motifs is 1. The molecule has 0 unspecified atom stereocenters. The van der Waals surface area contributed by atoms with Crippen LogP contribution in [0, 0.1) is 5.82 Å². The number of nitrogens with zero attached hydrogens (tertiary/aromatic N) is 2. The van der Waals surface area contributed by atoms with Crippen LogP contribution in [0.5, 0.6) is 0 Å². The fourth-order valence-electron chi connectivity index (χ4n) is 2.37. The van der Waals surface area contributed by atoms with Crippen LogP contribution < -0.4 is 0 Å². The maximum Gasteiger partial charge on any atom is 0.233 e. The number of benzene rings is 2. The molecule has 1 heterocycles. The SMILES string of the molecule is CN(Cc1cccc(F)c1)C(=O)CSc1ccc2ccccc2n1. The van der Waals surface area contributed by atoms with E-state index in [2.05, 4.69) is 4.98 Å². The molecule has 0 atom stereocenters. The van der Waals surface area contributed by atoms with E-state index in [1.807, 2.05) is 42.5 Å². The largest absolute Gasteiger partial charge is 0.341 e. The van der Waals surface area contributed by atoms with E-state index in [1.54, 1.807) is 18.0 Å². The molecule has 3 aromatic rings. The van der Waals surface area contributed by atoms with E-state index in [-0.39, 0.29) is 11.7 Å². The zero-order valence-electron chi connectivity index (χ0n) is 13.3. The predicted molar refractivity (Wildman–Crippen MR) is 95.3 cm³/mol. The fourth-order valence-corrected chi connectivity index (χ4v) is 3.19. The van der Waals surface area contributed by atoms with Crippen LogP contribution in [0.3, 0.4) is 0 Å². The van der Waals surface area contributed by atoms with Gasteiger partial charge in [0.1, 0.15) is 5.82 Å². The Hall–Kier alpha value is -2.40. The number of amides is 1. The second-order valence-corrected chi connectivity index (χ2v) is 6.51. The third-order valence-electron chi connectivity index (χ3n) is 3.65. The second-order valence-electron chi connectivity index (χ2n) is 5.51. The summed E-state index contributed by atoms with van der Waals surface area (Å²) in [7, 11) is 1.72. The second kappa shape index (κ2) is 7.45. The van der Waals surface area contributed by atoms with Crippen LogP contribution in [0.2, 0.25) is 0 Å². The Bertz CT molecular complexity index is 869. The van der Waals surface area contributed by atoms with Gasteiger partial charge < -0.3 is 4.90 Å². The van der Waals surface area contributed by atoms with Crippen LogP contribution in [0.1, 0.15) is 5.56 Å². The Kier molecular flexibility index (Phi) is 5.11. The number of aromatic nitrogens is 1. The highest BCUT2D eigenvalue weighted by atomic mass is 32.2. The lowest BCUT2D eigenvalue weighted by Gasteiger charge is -2.17. The van der Waals surface area contributed by atoms with Crippen LogP contribution in [-0.4, -0.2) is 28.6 Å². The van der Waals surface area contributed by atoms with Gasteiger partial charge in [-0.2, -0.15) is 0 Å². The minimum Gasteiger partial charge on any atom is -0.341 e. The molecule has 0 spiro atoms. The molecule has 24 heavy (non-hydrogen) atoms. The zero-order valence-corrected chi connectivity index (χ0v) is 14.1. The summed E-state index contributed by atoms with van der Waals surface area (Å²) >= 11 is 1.41.